The number of ether oxygens (including phenoxy) is 1. The van der Waals surface area contributed by atoms with Crippen LogP contribution in [0.4, 0.5) is 11.9 Å². The molecule has 9 nitrogen and oxygen atoms in total. The van der Waals surface area contributed by atoms with Crippen LogP contribution in [0, 0.1) is 0 Å². The number of nitrogens with two attached hydrogens (primary N) is 1. The van der Waals surface area contributed by atoms with Crippen LogP contribution in [0.3, 0.4) is 0 Å². The molecule has 1 fully saturated rings. The third-order valence-electron chi connectivity index (χ3n) is 2.54. The van der Waals surface area contributed by atoms with Crippen LogP contribution >= 0.6 is 23.1 Å². The number of hydrogen-bond donors (Lipinski definition) is 2. The van der Waals surface area contributed by atoms with Gasteiger partial charge in [-0.25, -0.2) is 5.84 Å². The molecule has 0 amide bonds. The van der Waals surface area contributed by atoms with E-state index in [4.69, 9.17) is 10.6 Å². The summed E-state index contributed by atoms with van der Waals surface area (Å²) in [5.41, 5.74) is 4.12. The van der Waals surface area contributed by atoms with E-state index in [2.05, 4.69) is 30.6 Å². The van der Waals surface area contributed by atoms with Gasteiger partial charge in [-0.2, -0.15) is 15.0 Å². The molecule has 0 radical (unpaired) electrons. The summed E-state index contributed by atoms with van der Waals surface area (Å²) >= 11 is 2.76. The van der Waals surface area contributed by atoms with Crippen molar-refractivity contribution in [1.29, 1.82) is 0 Å². The molecule has 2 aromatic heterocycles. The van der Waals surface area contributed by atoms with E-state index in [0.717, 1.165) is 17.4 Å². The summed E-state index contributed by atoms with van der Waals surface area (Å²) in [4.78, 5) is 15.0. The first kappa shape index (κ1) is 13.4. The molecule has 0 aliphatic carbocycles. The molecule has 1 aliphatic heterocycles. The monoisotopic (exact) mass is 312 g/mol. The van der Waals surface area contributed by atoms with Crippen molar-refractivity contribution in [3.05, 3.63) is 5.51 Å². The van der Waals surface area contributed by atoms with Gasteiger partial charge in [0, 0.05) is 13.1 Å². The van der Waals surface area contributed by atoms with Crippen molar-refractivity contribution >= 4 is 35.0 Å². The highest BCUT2D eigenvalue weighted by molar-refractivity contribution is 8.00. The Hall–Kier alpha value is -1.56. The molecule has 3 heterocycles. The summed E-state index contributed by atoms with van der Waals surface area (Å²) in [5, 5.41) is 8.27. The van der Waals surface area contributed by atoms with Gasteiger partial charge >= 0.3 is 0 Å². The van der Waals surface area contributed by atoms with E-state index in [1.165, 1.54) is 23.1 Å². The minimum atomic E-state index is 0.327. The van der Waals surface area contributed by atoms with Gasteiger partial charge in [0.1, 0.15) is 5.51 Å². The second-order valence-corrected chi connectivity index (χ2v) is 5.84. The Balaban J connectivity index is 1.85. The van der Waals surface area contributed by atoms with Gasteiger partial charge in [0.05, 0.1) is 13.2 Å². The Kier molecular flexibility index (Phi) is 4.20. The average Bonchev–Trinajstić information content (AvgIpc) is 3.00. The molecule has 0 aromatic carbocycles. The molecule has 11 heteroatoms. The van der Waals surface area contributed by atoms with E-state index in [1.807, 2.05) is 4.90 Å². The third-order valence-corrected chi connectivity index (χ3v) is 4.19. The number of anilines is 2. The summed E-state index contributed by atoms with van der Waals surface area (Å²) in [7, 11) is 0. The molecule has 0 bridgehead atoms. The van der Waals surface area contributed by atoms with Crippen molar-refractivity contribution in [2.45, 2.75) is 9.50 Å². The number of rotatable bonds is 4. The predicted octanol–water partition coefficient (Wildman–Crippen LogP) is -0.00350. The topological polar surface area (TPSA) is 115 Å². The summed E-state index contributed by atoms with van der Waals surface area (Å²) in [6.07, 6.45) is 0. The van der Waals surface area contributed by atoms with Crippen LogP contribution in [-0.2, 0) is 4.74 Å². The highest BCUT2D eigenvalue weighted by atomic mass is 32.2. The molecule has 2 aromatic rings. The molecular weight excluding hydrogens is 300 g/mol. The van der Waals surface area contributed by atoms with Crippen molar-refractivity contribution < 1.29 is 4.74 Å². The molecule has 1 aliphatic rings. The lowest BCUT2D eigenvalue weighted by atomic mass is 10.4. The van der Waals surface area contributed by atoms with Crippen LogP contribution in [0.15, 0.2) is 15.0 Å². The normalized spacial score (nSPS) is 15.3. The highest BCUT2D eigenvalue weighted by Crippen LogP contribution is 2.27. The van der Waals surface area contributed by atoms with Crippen molar-refractivity contribution in [1.82, 2.24) is 25.1 Å². The summed E-state index contributed by atoms with van der Waals surface area (Å²) < 4.78 is 6.09. The minimum Gasteiger partial charge on any atom is -0.378 e. The first-order valence-corrected chi connectivity index (χ1v) is 7.54. The smallest absolute Gasteiger partial charge is 0.242 e. The van der Waals surface area contributed by atoms with Crippen LogP contribution in [-0.4, -0.2) is 51.5 Å². The molecular formula is C9H12N8OS2. The van der Waals surface area contributed by atoms with Crippen molar-refractivity contribution in [2.75, 3.05) is 36.6 Å². The fraction of sp³-hybridized carbons (Fsp3) is 0.444. The van der Waals surface area contributed by atoms with Gasteiger partial charge in [-0.05, 0) is 11.8 Å². The largest absolute Gasteiger partial charge is 0.378 e. The van der Waals surface area contributed by atoms with E-state index >= 15 is 0 Å². The zero-order chi connectivity index (χ0) is 13.8. The fourth-order valence-electron chi connectivity index (χ4n) is 1.65. The van der Waals surface area contributed by atoms with E-state index in [0.29, 0.717) is 30.3 Å². The number of aromatic nitrogens is 5. The summed E-state index contributed by atoms with van der Waals surface area (Å²) in [5.74, 6) is 6.32. The lowest BCUT2D eigenvalue weighted by Crippen LogP contribution is -2.37. The lowest BCUT2D eigenvalue weighted by Gasteiger charge is -2.26. The van der Waals surface area contributed by atoms with Gasteiger partial charge in [-0.3, -0.25) is 5.43 Å². The quantitative estimate of drug-likeness (QED) is 0.590. The van der Waals surface area contributed by atoms with Crippen molar-refractivity contribution in [2.24, 2.45) is 5.84 Å². The van der Waals surface area contributed by atoms with Gasteiger partial charge in [0.25, 0.3) is 0 Å². The molecule has 0 atom stereocenters. The van der Waals surface area contributed by atoms with E-state index in [-0.39, 0.29) is 0 Å². The van der Waals surface area contributed by atoms with Gasteiger partial charge in [-0.1, -0.05) is 11.3 Å². The van der Waals surface area contributed by atoms with Crippen LogP contribution in [0.25, 0.3) is 0 Å². The molecule has 0 unspecified atom stereocenters. The fourth-order valence-corrected chi connectivity index (χ4v) is 2.97. The maximum absolute atomic E-state index is 5.41. The number of nitrogens with one attached hydrogen (secondary N) is 1. The van der Waals surface area contributed by atoms with Crippen molar-refractivity contribution in [3.63, 3.8) is 0 Å². The zero-order valence-electron chi connectivity index (χ0n) is 10.4. The van der Waals surface area contributed by atoms with Crippen LogP contribution < -0.4 is 16.2 Å². The molecule has 0 spiro atoms. The Morgan fingerprint density at radius 3 is 2.85 bits per heavy atom. The molecule has 0 saturated carbocycles. The van der Waals surface area contributed by atoms with Gasteiger partial charge < -0.3 is 9.64 Å². The maximum atomic E-state index is 5.41. The second kappa shape index (κ2) is 6.26. The third kappa shape index (κ3) is 3.12. The summed E-state index contributed by atoms with van der Waals surface area (Å²) in [6.45, 7) is 2.82. The van der Waals surface area contributed by atoms with Gasteiger partial charge in [-0.15, -0.1) is 10.2 Å². The Bertz CT molecular complexity index is 559. The molecule has 106 valence electrons. The number of morpholine rings is 1. The van der Waals surface area contributed by atoms with E-state index in [9.17, 15) is 0 Å². The first-order chi connectivity index (χ1) is 9.85. The maximum Gasteiger partial charge on any atom is 0.242 e. The van der Waals surface area contributed by atoms with Crippen LogP contribution in [0.1, 0.15) is 0 Å². The number of hydrogen-bond acceptors (Lipinski definition) is 11. The SMILES string of the molecule is NNc1nc(Sc2nncs2)nc(N2CCOCC2)n1. The first-order valence-electron chi connectivity index (χ1n) is 5.84. The number of nitrogens with zero attached hydrogens (tertiary/aromatic N) is 6. The molecule has 1 saturated heterocycles. The van der Waals surface area contributed by atoms with Crippen LogP contribution in [0.5, 0.6) is 0 Å². The Morgan fingerprint density at radius 2 is 2.15 bits per heavy atom. The van der Waals surface area contributed by atoms with Crippen LogP contribution in [0.2, 0.25) is 0 Å². The van der Waals surface area contributed by atoms with Gasteiger partial charge in [0.2, 0.25) is 17.1 Å². The Labute approximate surface area is 123 Å². The molecule has 3 rings (SSSR count). The molecule has 20 heavy (non-hydrogen) atoms. The summed E-state index contributed by atoms with van der Waals surface area (Å²) in [6, 6.07) is 0. The van der Waals surface area contributed by atoms with Gasteiger partial charge in [0.15, 0.2) is 4.34 Å². The minimum absolute atomic E-state index is 0.327. The average molecular weight is 312 g/mol. The Morgan fingerprint density at radius 1 is 1.30 bits per heavy atom. The standard InChI is InChI=1S/C9H12N8OS2/c10-15-6-12-7(17-1-3-18-4-2-17)14-8(13-6)20-9-16-11-5-19-9/h5H,1-4,10H2,(H,12,13,14,15). The molecule has 3 N–H and O–H groups in total. The second-order valence-electron chi connectivity index (χ2n) is 3.79. The number of hydrazine groups is 1. The number of nitrogen functional groups attached to an aromatic ring is 1. The van der Waals surface area contributed by atoms with E-state index < -0.39 is 0 Å². The van der Waals surface area contributed by atoms with E-state index in [1.54, 1.807) is 5.51 Å². The highest BCUT2D eigenvalue weighted by Gasteiger charge is 2.17. The zero-order valence-corrected chi connectivity index (χ0v) is 12.0. The lowest BCUT2D eigenvalue weighted by molar-refractivity contribution is 0.122. The van der Waals surface area contributed by atoms with Crippen molar-refractivity contribution in [3.8, 4) is 0 Å². The predicted molar refractivity (Wildman–Crippen MR) is 74.7 cm³/mol.